The average molecular weight is 478 g/mol. The van der Waals surface area contributed by atoms with Crippen LogP contribution in [-0.2, 0) is 14.2 Å². The van der Waals surface area contributed by atoms with Crippen LogP contribution in [0.5, 0.6) is 6.01 Å². The number of aliphatic hydroxyl groups excluding tert-OH is 1. The molecule has 12 heteroatoms. The van der Waals surface area contributed by atoms with Crippen LogP contribution < -0.4 is 9.64 Å². The summed E-state index contributed by atoms with van der Waals surface area (Å²) in [5, 5.41) is 9.85. The molecule has 3 saturated heterocycles. The first-order chi connectivity index (χ1) is 16.5. The summed E-state index contributed by atoms with van der Waals surface area (Å²) >= 11 is 0. The molecule has 0 radical (unpaired) electrons. The Balaban J connectivity index is 1.29. The van der Waals surface area contributed by atoms with Gasteiger partial charge in [0.2, 0.25) is 0 Å². The minimum atomic E-state index is -0.926. The molecule has 3 aliphatic rings. The van der Waals surface area contributed by atoms with Gasteiger partial charge >= 0.3 is 0 Å². The largest absolute Gasteiger partial charge is 0.456 e. The minimum absolute atomic E-state index is 0.0295. The second kappa shape index (κ2) is 8.38. The Bertz CT molecular complexity index is 1210. The fraction of sp³-hybridized carbons (Fsp3) is 0.455. The van der Waals surface area contributed by atoms with Crippen LogP contribution in [0, 0.1) is 17.5 Å². The highest BCUT2D eigenvalue weighted by Crippen LogP contribution is 2.33. The molecule has 5 heterocycles. The van der Waals surface area contributed by atoms with E-state index in [1.54, 1.807) is 4.90 Å². The normalized spacial score (nSPS) is 26.9. The number of aromatic amines is 1. The van der Waals surface area contributed by atoms with E-state index in [9.17, 15) is 18.3 Å². The molecular formula is C22H21F3N4O5. The molecule has 3 aliphatic heterocycles. The lowest BCUT2D eigenvalue weighted by molar-refractivity contribution is 0.00706. The predicted molar refractivity (Wildman–Crippen MR) is 112 cm³/mol. The minimum Gasteiger partial charge on any atom is -0.456 e. The number of hydrogen-bond donors (Lipinski definition) is 2. The number of aromatic nitrogens is 3. The van der Waals surface area contributed by atoms with Crippen molar-refractivity contribution in [3.05, 3.63) is 35.7 Å². The zero-order valence-electron chi connectivity index (χ0n) is 17.8. The highest BCUT2D eigenvalue weighted by molar-refractivity contribution is 5.77. The van der Waals surface area contributed by atoms with Crippen molar-refractivity contribution in [2.45, 2.75) is 24.4 Å². The third kappa shape index (κ3) is 3.66. The smallest absolute Gasteiger partial charge is 0.296 e. The maximum absolute atomic E-state index is 15.0. The van der Waals surface area contributed by atoms with Gasteiger partial charge in [0.05, 0.1) is 37.5 Å². The summed E-state index contributed by atoms with van der Waals surface area (Å²) in [6, 6.07) is 3.43. The molecule has 3 fully saturated rings. The maximum atomic E-state index is 15.0. The number of benzene rings is 1. The number of aliphatic hydroxyl groups is 1. The number of nitrogens with one attached hydrogen (secondary N) is 1. The number of morpholine rings is 1. The van der Waals surface area contributed by atoms with E-state index in [0.29, 0.717) is 32.0 Å². The van der Waals surface area contributed by atoms with Gasteiger partial charge < -0.3 is 33.9 Å². The fourth-order valence-electron chi connectivity index (χ4n) is 4.61. The van der Waals surface area contributed by atoms with Crippen molar-refractivity contribution in [2.24, 2.45) is 0 Å². The number of H-pyrrole nitrogens is 1. The molecule has 0 spiro atoms. The first-order valence-electron chi connectivity index (χ1n) is 10.9. The Morgan fingerprint density at radius 2 is 1.71 bits per heavy atom. The summed E-state index contributed by atoms with van der Waals surface area (Å²) in [5.41, 5.74) is -0.465. The summed E-state index contributed by atoms with van der Waals surface area (Å²) in [4.78, 5) is 12.9. The number of ether oxygens (including phenoxy) is 4. The zero-order chi connectivity index (χ0) is 23.4. The van der Waals surface area contributed by atoms with Crippen LogP contribution in [0.4, 0.5) is 18.9 Å². The summed E-state index contributed by atoms with van der Waals surface area (Å²) in [6.07, 6.45) is -2.21. The Morgan fingerprint density at radius 1 is 0.971 bits per heavy atom. The SMILES string of the molecule is O[C@@H]1CO[C@H]2[C@@H]1OC[C@H]2Oc1nc2nc(-c3c(F)cc(N4CCOCC4)cc3F)c(F)cc2[nH]1. The van der Waals surface area contributed by atoms with Crippen LogP contribution in [0.3, 0.4) is 0 Å². The fourth-order valence-corrected chi connectivity index (χ4v) is 4.61. The molecule has 1 aromatic carbocycles. The molecule has 4 atom stereocenters. The Hall–Kier alpha value is -2.93. The van der Waals surface area contributed by atoms with Gasteiger partial charge in [-0.1, -0.05) is 0 Å². The van der Waals surface area contributed by atoms with Gasteiger partial charge in [-0.05, 0) is 12.1 Å². The molecule has 6 rings (SSSR count). The first-order valence-corrected chi connectivity index (χ1v) is 10.9. The third-order valence-corrected chi connectivity index (χ3v) is 6.29. The van der Waals surface area contributed by atoms with Crippen molar-refractivity contribution in [3.63, 3.8) is 0 Å². The van der Waals surface area contributed by atoms with E-state index in [0.717, 1.165) is 6.07 Å². The van der Waals surface area contributed by atoms with Crippen molar-refractivity contribution < 1.29 is 37.2 Å². The van der Waals surface area contributed by atoms with Crippen LogP contribution in [0.25, 0.3) is 22.4 Å². The summed E-state index contributed by atoms with van der Waals surface area (Å²) in [5.74, 6) is -2.76. The van der Waals surface area contributed by atoms with Crippen LogP contribution >= 0.6 is 0 Å². The summed E-state index contributed by atoms with van der Waals surface area (Å²) in [6.45, 7) is 2.26. The molecule has 0 aliphatic carbocycles. The molecule has 0 unspecified atom stereocenters. The second-order valence-corrected chi connectivity index (χ2v) is 8.44. The van der Waals surface area contributed by atoms with E-state index in [1.807, 2.05) is 0 Å². The molecule has 0 amide bonds. The molecule has 34 heavy (non-hydrogen) atoms. The van der Waals surface area contributed by atoms with Gasteiger partial charge in [0.15, 0.2) is 17.6 Å². The van der Waals surface area contributed by atoms with Gasteiger partial charge in [0.1, 0.15) is 35.6 Å². The third-order valence-electron chi connectivity index (χ3n) is 6.29. The number of anilines is 1. The molecule has 0 bridgehead atoms. The lowest BCUT2D eigenvalue weighted by Crippen LogP contribution is -2.36. The number of fused-ring (bicyclic) bond motifs is 2. The van der Waals surface area contributed by atoms with Gasteiger partial charge in [-0.25, -0.2) is 18.2 Å². The molecule has 2 N–H and O–H groups in total. The number of rotatable bonds is 4. The summed E-state index contributed by atoms with van der Waals surface area (Å²) in [7, 11) is 0. The van der Waals surface area contributed by atoms with E-state index in [1.165, 1.54) is 12.1 Å². The van der Waals surface area contributed by atoms with Crippen LogP contribution in [0.2, 0.25) is 0 Å². The quantitative estimate of drug-likeness (QED) is 0.586. The van der Waals surface area contributed by atoms with E-state index in [2.05, 4.69) is 15.0 Å². The predicted octanol–water partition coefficient (Wildman–Crippen LogP) is 1.78. The highest BCUT2D eigenvalue weighted by Gasteiger charge is 2.48. The molecule has 3 aromatic rings. The van der Waals surface area contributed by atoms with Crippen LogP contribution in [-0.4, -0.2) is 84.0 Å². The van der Waals surface area contributed by atoms with E-state index in [4.69, 9.17) is 18.9 Å². The monoisotopic (exact) mass is 478 g/mol. The van der Waals surface area contributed by atoms with E-state index < -0.39 is 53.1 Å². The number of nitrogens with zero attached hydrogens (tertiary/aromatic N) is 3. The number of halogens is 3. The van der Waals surface area contributed by atoms with Gasteiger partial charge in [0.25, 0.3) is 6.01 Å². The lowest BCUT2D eigenvalue weighted by atomic mass is 10.1. The van der Waals surface area contributed by atoms with Gasteiger partial charge in [-0.15, -0.1) is 0 Å². The number of hydrogen-bond acceptors (Lipinski definition) is 8. The average Bonchev–Trinajstić information content (AvgIpc) is 3.51. The second-order valence-electron chi connectivity index (χ2n) is 8.44. The molecule has 180 valence electrons. The van der Waals surface area contributed by atoms with Crippen molar-refractivity contribution in [1.29, 1.82) is 0 Å². The Labute approximate surface area is 191 Å². The summed E-state index contributed by atoms with van der Waals surface area (Å²) < 4.78 is 66.9. The van der Waals surface area contributed by atoms with Crippen molar-refractivity contribution >= 4 is 16.9 Å². The molecular weight excluding hydrogens is 457 g/mol. The Morgan fingerprint density at radius 3 is 2.47 bits per heavy atom. The van der Waals surface area contributed by atoms with Crippen LogP contribution in [0.1, 0.15) is 0 Å². The molecule has 0 saturated carbocycles. The van der Waals surface area contributed by atoms with E-state index in [-0.39, 0.29) is 30.4 Å². The van der Waals surface area contributed by atoms with Gasteiger partial charge in [-0.3, -0.25) is 0 Å². The van der Waals surface area contributed by atoms with Crippen molar-refractivity contribution in [3.8, 4) is 17.3 Å². The highest BCUT2D eigenvalue weighted by atomic mass is 19.1. The van der Waals surface area contributed by atoms with E-state index >= 15 is 0 Å². The Kier molecular flexibility index (Phi) is 5.32. The lowest BCUT2D eigenvalue weighted by Gasteiger charge is -2.29. The van der Waals surface area contributed by atoms with Crippen LogP contribution in [0.15, 0.2) is 18.2 Å². The topological polar surface area (TPSA) is 102 Å². The van der Waals surface area contributed by atoms with Crippen molar-refractivity contribution in [1.82, 2.24) is 15.0 Å². The maximum Gasteiger partial charge on any atom is 0.296 e. The molecule has 9 nitrogen and oxygen atoms in total. The van der Waals surface area contributed by atoms with Crippen molar-refractivity contribution in [2.75, 3.05) is 44.4 Å². The zero-order valence-corrected chi connectivity index (χ0v) is 17.8. The van der Waals surface area contributed by atoms with Gasteiger partial charge in [-0.2, -0.15) is 4.98 Å². The number of pyridine rings is 1. The van der Waals surface area contributed by atoms with Gasteiger partial charge in [0, 0.05) is 24.8 Å². The molecule has 2 aromatic heterocycles. The first kappa shape index (κ1) is 21.6. The number of imidazole rings is 1. The standard InChI is InChI=1S/C22H21F3N4O5/c23-11-5-10(29-1-3-31-4-2-29)6-12(24)17(11)18-13(25)7-14-21(27-18)28-22(26-14)34-16-9-33-19-15(30)8-32-20(16)19/h5-7,15-16,19-20,30H,1-4,8-9H2,(H,26,27,28)/t15-,16-,19-,20-/m1/s1.